The molecule has 7 nitrogen and oxygen atoms in total. The molecule has 0 aliphatic rings. The van der Waals surface area contributed by atoms with E-state index in [2.05, 4.69) is 10.3 Å². The molecule has 0 radical (unpaired) electrons. The van der Waals surface area contributed by atoms with Gasteiger partial charge < -0.3 is 14.8 Å². The second-order valence-electron chi connectivity index (χ2n) is 4.84. The van der Waals surface area contributed by atoms with Crippen molar-refractivity contribution >= 4 is 11.4 Å². The zero-order valence-electron chi connectivity index (χ0n) is 13.1. The molecule has 1 N–H and O–H groups in total. The molecule has 0 bridgehead atoms. The van der Waals surface area contributed by atoms with Crippen molar-refractivity contribution in [3.8, 4) is 5.75 Å². The number of anilines is 1. The second kappa shape index (κ2) is 8.09. The average molecular weight is 317 g/mol. The van der Waals surface area contributed by atoms with Crippen LogP contribution in [-0.4, -0.2) is 30.2 Å². The number of hydrogen-bond donors (Lipinski definition) is 1. The van der Waals surface area contributed by atoms with Crippen LogP contribution in [0.25, 0.3) is 0 Å². The number of nitrogens with zero attached hydrogens (tertiary/aromatic N) is 2. The molecular weight excluding hydrogens is 298 g/mol. The highest BCUT2D eigenvalue weighted by Crippen LogP contribution is 2.36. The summed E-state index contributed by atoms with van der Waals surface area (Å²) < 4.78 is 10.9. The van der Waals surface area contributed by atoms with Gasteiger partial charge in [0, 0.05) is 25.9 Å². The number of nitro groups is 1. The van der Waals surface area contributed by atoms with Crippen LogP contribution in [0.3, 0.4) is 0 Å². The number of nitro benzene ring substituents is 1. The van der Waals surface area contributed by atoms with Gasteiger partial charge in [0.1, 0.15) is 6.10 Å². The van der Waals surface area contributed by atoms with Crippen LogP contribution in [0.15, 0.2) is 42.6 Å². The van der Waals surface area contributed by atoms with Crippen molar-refractivity contribution in [2.45, 2.75) is 13.0 Å². The Hall–Kier alpha value is -2.67. The van der Waals surface area contributed by atoms with Crippen molar-refractivity contribution in [1.29, 1.82) is 0 Å². The zero-order valence-corrected chi connectivity index (χ0v) is 13.1. The first-order valence-electron chi connectivity index (χ1n) is 7.21. The van der Waals surface area contributed by atoms with Gasteiger partial charge in [0.15, 0.2) is 11.4 Å². The lowest BCUT2D eigenvalue weighted by Gasteiger charge is -2.17. The van der Waals surface area contributed by atoms with E-state index in [1.54, 1.807) is 25.4 Å². The number of benzene rings is 1. The van der Waals surface area contributed by atoms with Crippen molar-refractivity contribution in [3.05, 3.63) is 58.4 Å². The minimum absolute atomic E-state index is 0.0353. The van der Waals surface area contributed by atoms with Gasteiger partial charge >= 0.3 is 0 Å². The van der Waals surface area contributed by atoms with Crippen LogP contribution in [0, 0.1) is 10.1 Å². The topological polar surface area (TPSA) is 86.5 Å². The van der Waals surface area contributed by atoms with Crippen LogP contribution in [-0.2, 0) is 4.74 Å². The maximum absolute atomic E-state index is 11.2. The third kappa shape index (κ3) is 4.40. The molecule has 0 aliphatic heterocycles. The summed E-state index contributed by atoms with van der Waals surface area (Å²) in [5, 5.41) is 14.2. The van der Waals surface area contributed by atoms with Crippen molar-refractivity contribution in [2.24, 2.45) is 0 Å². The van der Waals surface area contributed by atoms with E-state index in [1.165, 1.54) is 6.07 Å². The minimum atomic E-state index is -0.437. The molecule has 1 aromatic heterocycles. The number of hydrogen-bond acceptors (Lipinski definition) is 6. The Labute approximate surface area is 134 Å². The molecule has 2 aromatic rings. The first-order valence-corrected chi connectivity index (χ1v) is 7.21. The molecule has 2 rings (SSSR count). The fourth-order valence-corrected chi connectivity index (χ4v) is 2.09. The molecule has 0 saturated carbocycles. The van der Waals surface area contributed by atoms with Crippen molar-refractivity contribution in [1.82, 2.24) is 4.98 Å². The lowest BCUT2D eigenvalue weighted by molar-refractivity contribution is -0.384. The van der Waals surface area contributed by atoms with Crippen LogP contribution in [0.5, 0.6) is 5.75 Å². The highest BCUT2D eigenvalue weighted by molar-refractivity contribution is 5.70. The number of pyridine rings is 1. The van der Waals surface area contributed by atoms with E-state index in [0.29, 0.717) is 24.6 Å². The van der Waals surface area contributed by atoms with E-state index >= 15 is 0 Å². The maximum Gasteiger partial charge on any atom is 0.296 e. The number of aromatic nitrogens is 1. The van der Waals surface area contributed by atoms with Crippen LogP contribution in [0.1, 0.15) is 18.7 Å². The van der Waals surface area contributed by atoms with Crippen molar-refractivity contribution < 1.29 is 14.4 Å². The van der Waals surface area contributed by atoms with Gasteiger partial charge in [0.05, 0.1) is 17.2 Å². The lowest BCUT2D eigenvalue weighted by atomic mass is 10.2. The highest BCUT2D eigenvalue weighted by Gasteiger charge is 2.20. The molecule has 1 heterocycles. The Morgan fingerprint density at radius 3 is 2.78 bits per heavy atom. The fraction of sp³-hybridized carbons (Fsp3) is 0.312. The summed E-state index contributed by atoms with van der Waals surface area (Å²) in [4.78, 5) is 15.0. The van der Waals surface area contributed by atoms with E-state index in [1.807, 2.05) is 25.1 Å². The van der Waals surface area contributed by atoms with Gasteiger partial charge in [-0.2, -0.15) is 0 Å². The van der Waals surface area contributed by atoms with Gasteiger partial charge in [-0.3, -0.25) is 15.1 Å². The molecule has 1 aromatic carbocycles. The Morgan fingerprint density at radius 1 is 1.30 bits per heavy atom. The normalized spacial score (nSPS) is 11.7. The van der Waals surface area contributed by atoms with Crippen LogP contribution in [0.2, 0.25) is 0 Å². The number of rotatable bonds is 8. The third-order valence-corrected chi connectivity index (χ3v) is 3.22. The van der Waals surface area contributed by atoms with Gasteiger partial charge in [-0.1, -0.05) is 12.1 Å². The Bertz CT molecular complexity index is 649. The molecule has 1 atom stereocenters. The van der Waals surface area contributed by atoms with Gasteiger partial charge in [0.25, 0.3) is 5.69 Å². The Balaban J connectivity index is 2.26. The van der Waals surface area contributed by atoms with E-state index in [0.717, 1.165) is 5.69 Å². The summed E-state index contributed by atoms with van der Waals surface area (Å²) in [5.74, 6) is 0.411. The molecule has 0 spiro atoms. The highest BCUT2D eigenvalue weighted by atomic mass is 16.6. The monoisotopic (exact) mass is 317 g/mol. The second-order valence-corrected chi connectivity index (χ2v) is 4.84. The SMILES string of the molecule is COCCNc1c(O[C@H](C)c2ccccn2)cccc1[N+](=O)[O-]. The number of ether oxygens (including phenoxy) is 2. The molecule has 0 aliphatic carbocycles. The van der Waals surface area contributed by atoms with Gasteiger partial charge in [0.2, 0.25) is 0 Å². The lowest BCUT2D eigenvalue weighted by Crippen LogP contribution is -2.12. The summed E-state index contributed by atoms with van der Waals surface area (Å²) in [6.45, 7) is 2.72. The van der Waals surface area contributed by atoms with E-state index in [9.17, 15) is 10.1 Å². The first kappa shape index (κ1) is 16.7. The number of methoxy groups -OCH3 is 1. The smallest absolute Gasteiger partial charge is 0.296 e. The fourth-order valence-electron chi connectivity index (χ4n) is 2.09. The van der Waals surface area contributed by atoms with Crippen molar-refractivity contribution in [3.63, 3.8) is 0 Å². The Kier molecular flexibility index (Phi) is 5.87. The molecule has 0 fully saturated rings. The van der Waals surface area contributed by atoms with Gasteiger partial charge in [-0.05, 0) is 25.1 Å². The van der Waals surface area contributed by atoms with Crippen molar-refractivity contribution in [2.75, 3.05) is 25.6 Å². The predicted octanol–water partition coefficient (Wildman–Crippen LogP) is 3.19. The first-order chi connectivity index (χ1) is 11.1. The van der Waals surface area contributed by atoms with Crippen LogP contribution < -0.4 is 10.1 Å². The standard InChI is InChI=1S/C16H19N3O4/c1-12(13-6-3-4-9-17-13)23-15-8-5-7-14(19(20)21)16(15)18-10-11-22-2/h3-9,12,18H,10-11H2,1-2H3/t12-/m1/s1. The van der Waals surface area contributed by atoms with Crippen LogP contribution >= 0.6 is 0 Å². The summed E-state index contributed by atoms with van der Waals surface area (Å²) >= 11 is 0. The summed E-state index contributed by atoms with van der Waals surface area (Å²) in [5.41, 5.74) is 1.06. The average Bonchev–Trinajstić information content (AvgIpc) is 2.56. The molecule has 23 heavy (non-hydrogen) atoms. The zero-order chi connectivity index (χ0) is 16.7. The summed E-state index contributed by atoms with van der Waals surface area (Å²) in [6, 6.07) is 10.3. The third-order valence-electron chi connectivity index (χ3n) is 3.22. The summed E-state index contributed by atoms with van der Waals surface area (Å²) in [6.07, 6.45) is 1.35. The molecule has 0 amide bonds. The molecule has 7 heteroatoms. The predicted molar refractivity (Wildman–Crippen MR) is 86.7 cm³/mol. The number of nitrogens with one attached hydrogen (secondary N) is 1. The van der Waals surface area contributed by atoms with E-state index < -0.39 is 4.92 Å². The Morgan fingerprint density at radius 2 is 2.13 bits per heavy atom. The van der Waals surface area contributed by atoms with E-state index in [4.69, 9.17) is 9.47 Å². The number of para-hydroxylation sites is 1. The van der Waals surface area contributed by atoms with Gasteiger partial charge in [-0.25, -0.2) is 0 Å². The maximum atomic E-state index is 11.2. The molecule has 0 unspecified atom stereocenters. The summed E-state index contributed by atoms with van der Waals surface area (Å²) in [7, 11) is 1.57. The minimum Gasteiger partial charge on any atom is -0.482 e. The largest absolute Gasteiger partial charge is 0.482 e. The quantitative estimate of drug-likeness (QED) is 0.457. The van der Waals surface area contributed by atoms with Crippen LogP contribution in [0.4, 0.5) is 11.4 Å². The molecule has 122 valence electrons. The molecular formula is C16H19N3O4. The molecule has 0 saturated heterocycles. The van der Waals surface area contributed by atoms with Gasteiger partial charge in [-0.15, -0.1) is 0 Å². The van der Waals surface area contributed by atoms with E-state index in [-0.39, 0.29) is 11.8 Å².